The molecule has 2 nitrogen and oxygen atoms in total. The smallest absolute Gasteiger partial charge is 0.120 e. The van der Waals surface area contributed by atoms with Crippen molar-refractivity contribution in [2.45, 2.75) is 20.0 Å². The van der Waals surface area contributed by atoms with Crippen LogP contribution in [0.5, 0.6) is 5.75 Å². The Morgan fingerprint density at radius 2 is 1.90 bits per heavy atom. The van der Waals surface area contributed by atoms with Crippen molar-refractivity contribution in [1.29, 1.82) is 0 Å². The molecule has 0 bridgehead atoms. The van der Waals surface area contributed by atoms with Crippen molar-refractivity contribution in [3.8, 4) is 17.6 Å². The first-order valence-electron chi connectivity index (χ1n) is 6.66. The summed E-state index contributed by atoms with van der Waals surface area (Å²) in [5, 5.41) is 8.67. The van der Waals surface area contributed by atoms with E-state index in [2.05, 4.69) is 11.8 Å². The molecule has 2 aromatic carbocycles. The molecule has 0 saturated heterocycles. The van der Waals surface area contributed by atoms with Crippen molar-refractivity contribution < 1.29 is 9.84 Å². The fourth-order valence-electron chi connectivity index (χ4n) is 1.78. The normalized spacial score (nSPS) is 9.70. The van der Waals surface area contributed by atoms with E-state index in [0.717, 1.165) is 16.9 Å². The number of aliphatic hydroxyl groups excluding tert-OH is 1. The van der Waals surface area contributed by atoms with Crippen LogP contribution in [0.15, 0.2) is 48.5 Å². The van der Waals surface area contributed by atoms with E-state index in [-0.39, 0.29) is 6.61 Å². The van der Waals surface area contributed by atoms with Crippen LogP contribution in [0.25, 0.3) is 0 Å². The zero-order chi connectivity index (χ0) is 14.2. The maximum atomic E-state index is 8.67. The molecule has 102 valence electrons. The monoisotopic (exact) mass is 266 g/mol. The van der Waals surface area contributed by atoms with E-state index in [4.69, 9.17) is 9.84 Å². The zero-order valence-corrected chi connectivity index (χ0v) is 11.6. The number of rotatable bonds is 4. The van der Waals surface area contributed by atoms with Gasteiger partial charge in [-0.2, -0.15) is 0 Å². The number of aliphatic hydroxyl groups is 1. The molecule has 2 rings (SSSR count). The summed E-state index contributed by atoms with van der Waals surface area (Å²) < 4.78 is 5.74. The number of hydrogen-bond acceptors (Lipinski definition) is 2. The summed E-state index contributed by atoms with van der Waals surface area (Å²) in [7, 11) is 0. The van der Waals surface area contributed by atoms with E-state index < -0.39 is 0 Å². The van der Waals surface area contributed by atoms with Gasteiger partial charge in [0.05, 0.1) is 6.61 Å². The van der Waals surface area contributed by atoms with E-state index in [1.165, 1.54) is 5.56 Å². The summed E-state index contributed by atoms with van der Waals surface area (Å²) in [6, 6.07) is 16.0. The summed E-state index contributed by atoms with van der Waals surface area (Å²) in [6.07, 6.45) is 0.512. The maximum Gasteiger partial charge on any atom is 0.120 e. The van der Waals surface area contributed by atoms with Gasteiger partial charge in [-0.3, -0.25) is 0 Å². The lowest BCUT2D eigenvalue weighted by atomic mass is 10.1. The summed E-state index contributed by atoms with van der Waals surface area (Å²) in [4.78, 5) is 0. The Kier molecular flexibility index (Phi) is 5.23. The third-order valence-corrected chi connectivity index (χ3v) is 2.82. The minimum absolute atomic E-state index is 0.107. The quantitative estimate of drug-likeness (QED) is 0.860. The highest BCUT2D eigenvalue weighted by Crippen LogP contribution is 2.14. The molecule has 0 aromatic heterocycles. The van der Waals surface area contributed by atoms with Crippen LogP contribution in [-0.2, 0) is 6.61 Å². The van der Waals surface area contributed by atoms with E-state index in [9.17, 15) is 0 Å². The lowest BCUT2D eigenvalue weighted by Gasteiger charge is -2.07. The molecular formula is C18H18O2. The molecule has 0 heterocycles. The van der Waals surface area contributed by atoms with E-state index in [1.54, 1.807) is 0 Å². The largest absolute Gasteiger partial charge is 0.489 e. The Morgan fingerprint density at radius 3 is 2.60 bits per heavy atom. The molecule has 0 saturated carbocycles. The second-order valence-electron chi connectivity index (χ2n) is 4.58. The summed E-state index contributed by atoms with van der Waals surface area (Å²) in [5.74, 6) is 6.79. The van der Waals surface area contributed by atoms with Crippen molar-refractivity contribution in [2.75, 3.05) is 6.61 Å². The van der Waals surface area contributed by atoms with Crippen LogP contribution < -0.4 is 4.74 Å². The minimum Gasteiger partial charge on any atom is -0.489 e. The number of ether oxygens (including phenoxy) is 1. The van der Waals surface area contributed by atoms with Crippen molar-refractivity contribution in [3.63, 3.8) is 0 Å². The van der Waals surface area contributed by atoms with Gasteiger partial charge in [0, 0.05) is 12.0 Å². The van der Waals surface area contributed by atoms with Crippen molar-refractivity contribution in [3.05, 3.63) is 65.2 Å². The van der Waals surface area contributed by atoms with Gasteiger partial charge in [0.2, 0.25) is 0 Å². The van der Waals surface area contributed by atoms with Crippen LogP contribution in [-0.4, -0.2) is 11.7 Å². The molecule has 0 aliphatic carbocycles. The van der Waals surface area contributed by atoms with Crippen LogP contribution in [0.2, 0.25) is 0 Å². The molecule has 0 amide bonds. The Bertz CT molecular complexity index is 603. The number of aryl methyl sites for hydroxylation is 1. The predicted octanol–water partition coefficient (Wildman–Crippen LogP) is 3.31. The molecular weight excluding hydrogens is 248 g/mol. The molecule has 1 N–H and O–H groups in total. The first kappa shape index (κ1) is 14.2. The second kappa shape index (κ2) is 7.37. The number of benzene rings is 2. The van der Waals surface area contributed by atoms with Gasteiger partial charge in [0.1, 0.15) is 12.4 Å². The highest BCUT2D eigenvalue weighted by Gasteiger charge is 1.96. The van der Waals surface area contributed by atoms with Gasteiger partial charge >= 0.3 is 0 Å². The van der Waals surface area contributed by atoms with Crippen molar-refractivity contribution >= 4 is 0 Å². The second-order valence-corrected chi connectivity index (χ2v) is 4.58. The summed E-state index contributed by atoms with van der Waals surface area (Å²) in [5.41, 5.74) is 3.26. The first-order valence-corrected chi connectivity index (χ1v) is 6.66. The molecule has 0 fully saturated rings. The molecule has 2 heteroatoms. The fraction of sp³-hybridized carbons (Fsp3) is 0.222. The lowest BCUT2D eigenvalue weighted by Crippen LogP contribution is -1.95. The predicted molar refractivity (Wildman–Crippen MR) is 80.5 cm³/mol. The van der Waals surface area contributed by atoms with Crippen LogP contribution >= 0.6 is 0 Å². The van der Waals surface area contributed by atoms with Crippen molar-refractivity contribution in [2.24, 2.45) is 0 Å². The Morgan fingerprint density at radius 1 is 1.10 bits per heavy atom. The molecule has 0 unspecified atom stereocenters. The average molecular weight is 266 g/mol. The lowest BCUT2D eigenvalue weighted by molar-refractivity contribution is 0.305. The van der Waals surface area contributed by atoms with Gasteiger partial charge < -0.3 is 9.84 Å². The molecule has 0 radical (unpaired) electrons. The third kappa shape index (κ3) is 4.46. The maximum absolute atomic E-state index is 8.67. The third-order valence-electron chi connectivity index (χ3n) is 2.82. The van der Waals surface area contributed by atoms with E-state index in [1.807, 2.05) is 55.5 Å². The number of hydrogen-bond donors (Lipinski definition) is 1. The van der Waals surface area contributed by atoms with Gasteiger partial charge in [0.25, 0.3) is 0 Å². The van der Waals surface area contributed by atoms with Gasteiger partial charge in [-0.1, -0.05) is 36.1 Å². The van der Waals surface area contributed by atoms with E-state index in [0.29, 0.717) is 13.0 Å². The van der Waals surface area contributed by atoms with Crippen molar-refractivity contribution in [1.82, 2.24) is 0 Å². The fourth-order valence-corrected chi connectivity index (χ4v) is 1.78. The highest BCUT2D eigenvalue weighted by molar-refractivity contribution is 5.36. The molecule has 20 heavy (non-hydrogen) atoms. The van der Waals surface area contributed by atoms with Crippen LogP contribution in [0.3, 0.4) is 0 Å². The SMILES string of the molecule is Cc1cccc(OCc2ccc(C#CCCO)cc2)c1. The Balaban J connectivity index is 1.93. The highest BCUT2D eigenvalue weighted by atomic mass is 16.5. The van der Waals surface area contributed by atoms with Gasteiger partial charge in [-0.15, -0.1) is 0 Å². The summed E-state index contributed by atoms with van der Waals surface area (Å²) >= 11 is 0. The zero-order valence-electron chi connectivity index (χ0n) is 11.6. The topological polar surface area (TPSA) is 29.5 Å². The molecule has 0 aliphatic heterocycles. The van der Waals surface area contributed by atoms with Gasteiger partial charge in [-0.25, -0.2) is 0 Å². The summed E-state index contributed by atoms with van der Waals surface area (Å²) in [6.45, 7) is 2.70. The average Bonchev–Trinajstić information content (AvgIpc) is 2.47. The van der Waals surface area contributed by atoms with Crippen LogP contribution in [0.1, 0.15) is 23.1 Å². The molecule has 2 aromatic rings. The Labute approximate surface area is 120 Å². The first-order chi connectivity index (χ1) is 9.78. The van der Waals surface area contributed by atoms with E-state index >= 15 is 0 Å². The Hall–Kier alpha value is -2.24. The standard InChI is InChI=1S/C18H18O2/c1-15-5-4-7-18(13-15)20-14-17-10-8-16(9-11-17)6-2-3-12-19/h4-5,7-11,13,19H,3,12,14H2,1H3. The van der Waals surface area contributed by atoms with Gasteiger partial charge in [-0.05, 0) is 42.3 Å². The minimum atomic E-state index is 0.107. The van der Waals surface area contributed by atoms with Gasteiger partial charge in [0.15, 0.2) is 0 Å². The molecule has 0 atom stereocenters. The molecule has 0 spiro atoms. The van der Waals surface area contributed by atoms with Crippen LogP contribution in [0.4, 0.5) is 0 Å². The molecule has 0 aliphatic rings. The van der Waals surface area contributed by atoms with Crippen LogP contribution in [0, 0.1) is 18.8 Å².